The smallest absolute Gasteiger partial charge is 0.338 e. The summed E-state index contributed by atoms with van der Waals surface area (Å²) in [7, 11) is 0. The molecule has 1 heterocycles. The summed E-state index contributed by atoms with van der Waals surface area (Å²) in [5.41, 5.74) is 4.15. The van der Waals surface area contributed by atoms with Crippen molar-refractivity contribution in [3.63, 3.8) is 0 Å². The average molecular weight is 212 g/mol. The molecule has 2 heteroatoms. The first-order chi connectivity index (χ1) is 7.66. The number of hydrogen-bond acceptors (Lipinski definition) is 2. The van der Waals surface area contributed by atoms with Crippen molar-refractivity contribution in [3.8, 4) is 0 Å². The zero-order valence-electron chi connectivity index (χ0n) is 9.33. The van der Waals surface area contributed by atoms with Gasteiger partial charge < -0.3 is 4.74 Å². The Morgan fingerprint density at radius 3 is 2.81 bits per heavy atom. The lowest BCUT2D eigenvalue weighted by Gasteiger charge is -2.07. The van der Waals surface area contributed by atoms with Gasteiger partial charge in [0.15, 0.2) is 0 Å². The zero-order valence-corrected chi connectivity index (χ0v) is 9.33. The molecule has 2 aromatic rings. The quantitative estimate of drug-likeness (QED) is 0.627. The van der Waals surface area contributed by atoms with Gasteiger partial charge >= 0.3 is 5.97 Å². The van der Waals surface area contributed by atoms with Crippen LogP contribution in [0.25, 0.3) is 10.8 Å². The molecule has 3 rings (SSSR count). The molecule has 2 nitrogen and oxygen atoms in total. The van der Waals surface area contributed by atoms with E-state index in [2.05, 4.69) is 32.0 Å². The number of fused-ring (bicyclic) bond motifs is 2. The molecule has 1 aliphatic heterocycles. The molecule has 1 aliphatic rings. The first kappa shape index (κ1) is 9.40. The molecule has 0 aliphatic carbocycles. The van der Waals surface area contributed by atoms with Gasteiger partial charge in [0.05, 0.1) is 5.56 Å². The Balaban J connectivity index is 2.43. The maximum absolute atomic E-state index is 11.5. The first-order valence-corrected chi connectivity index (χ1v) is 5.37. The summed E-state index contributed by atoms with van der Waals surface area (Å²) in [5, 5.41) is 2.33. The van der Waals surface area contributed by atoms with Gasteiger partial charge in [-0.25, -0.2) is 4.79 Å². The lowest BCUT2D eigenvalue weighted by molar-refractivity contribution is 0.0535. The van der Waals surface area contributed by atoms with Crippen LogP contribution in [0.2, 0.25) is 0 Å². The molecular weight excluding hydrogens is 200 g/mol. The van der Waals surface area contributed by atoms with E-state index in [0.29, 0.717) is 6.61 Å². The number of benzene rings is 2. The van der Waals surface area contributed by atoms with Gasteiger partial charge in [0.2, 0.25) is 0 Å². The van der Waals surface area contributed by atoms with Gasteiger partial charge in [-0.15, -0.1) is 0 Å². The van der Waals surface area contributed by atoms with Crippen molar-refractivity contribution < 1.29 is 9.53 Å². The van der Waals surface area contributed by atoms with Crippen LogP contribution in [0.3, 0.4) is 0 Å². The van der Waals surface area contributed by atoms with Gasteiger partial charge in [-0.05, 0) is 36.2 Å². The standard InChI is InChI=1S/C14H12O2/c1-8-3-4-11-9(2)13-7-16-14(15)12(13)6-10(11)5-8/h3-6H,7H2,1-2H3. The fourth-order valence-electron chi connectivity index (χ4n) is 2.33. The third-order valence-corrected chi connectivity index (χ3v) is 3.26. The highest BCUT2D eigenvalue weighted by atomic mass is 16.5. The van der Waals surface area contributed by atoms with Gasteiger partial charge in [0.1, 0.15) is 6.61 Å². The summed E-state index contributed by atoms with van der Waals surface area (Å²) in [6.45, 7) is 4.53. The molecule has 80 valence electrons. The maximum atomic E-state index is 11.5. The number of carbonyl (C=O) groups excluding carboxylic acids is 1. The monoisotopic (exact) mass is 212 g/mol. The Bertz CT molecular complexity index is 612. The molecule has 0 amide bonds. The minimum absolute atomic E-state index is 0.193. The second-order valence-electron chi connectivity index (χ2n) is 4.33. The number of hydrogen-bond donors (Lipinski definition) is 0. The van der Waals surface area contributed by atoms with Crippen LogP contribution in [-0.4, -0.2) is 5.97 Å². The molecule has 2 aromatic carbocycles. The minimum atomic E-state index is -0.193. The number of rotatable bonds is 0. The van der Waals surface area contributed by atoms with Gasteiger partial charge in [-0.1, -0.05) is 23.8 Å². The summed E-state index contributed by atoms with van der Waals surface area (Å²) >= 11 is 0. The van der Waals surface area contributed by atoms with Crippen LogP contribution in [0.15, 0.2) is 24.3 Å². The number of aryl methyl sites for hydroxylation is 2. The van der Waals surface area contributed by atoms with Gasteiger partial charge in [0.25, 0.3) is 0 Å². The SMILES string of the molecule is Cc1ccc2c(C)c3c(cc2c1)C(=O)OC3. The van der Waals surface area contributed by atoms with Crippen molar-refractivity contribution >= 4 is 16.7 Å². The second-order valence-corrected chi connectivity index (χ2v) is 4.33. The topological polar surface area (TPSA) is 26.3 Å². The molecular formula is C14H12O2. The van der Waals surface area contributed by atoms with E-state index in [1.54, 1.807) is 0 Å². The second kappa shape index (κ2) is 3.08. The van der Waals surface area contributed by atoms with Crippen molar-refractivity contribution in [2.45, 2.75) is 20.5 Å². The first-order valence-electron chi connectivity index (χ1n) is 5.37. The molecule has 0 atom stereocenters. The average Bonchev–Trinajstić information content (AvgIpc) is 2.61. The van der Waals surface area contributed by atoms with Crippen LogP contribution in [-0.2, 0) is 11.3 Å². The molecule has 0 radical (unpaired) electrons. The van der Waals surface area contributed by atoms with Crippen LogP contribution in [0, 0.1) is 13.8 Å². The molecule has 0 N–H and O–H groups in total. The molecule has 0 saturated heterocycles. The van der Waals surface area contributed by atoms with Crippen molar-refractivity contribution in [2.75, 3.05) is 0 Å². The number of cyclic esters (lactones) is 1. The molecule has 0 fully saturated rings. The third-order valence-electron chi connectivity index (χ3n) is 3.26. The number of esters is 1. The molecule has 0 unspecified atom stereocenters. The summed E-state index contributed by atoms with van der Waals surface area (Å²) in [6.07, 6.45) is 0. The Kier molecular flexibility index (Phi) is 1.81. The predicted octanol–water partition coefficient (Wildman–Crippen LogP) is 3.13. The summed E-state index contributed by atoms with van der Waals surface area (Å²) in [5.74, 6) is -0.193. The van der Waals surface area contributed by atoms with Crippen LogP contribution >= 0.6 is 0 Å². The fourth-order valence-corrected chi connectivity index (χ4v) is 2.33. The van der Waals surface area contributed by atoms with E-state index in [-0.39, 0.29) is 5.97 Å². The number of carbonyl (C=O) groups is 1. The van der Waals surface area contributed by atoms with E-state index >= 15 is 0 Å². The molecule has 16 heavy (non-hydrogen) atoms. The largest absolute Gasteiger partial charge is 0.457 e. The van der Waals surface area contributed by atoms with E-state index in [9.17, 15) is 4.79 Å². The van der Waals surface area contributed by atoms with Gasteiger partial charge in [-0.2, -0.15) is 0 Å². The Morgan fingerprint density at radius 1 is 1.19 bits per heavy atom. The van der Waals surface area contributed by atoms with E-state index < -0.39 is 0 Å². The van der Waals surface area contributed by atoms with E-state index in [1.807, 2.05) is 6.07 Å². The maximum Gasteiger partial charge on any atom is 0.338 e. The van der Waals surface area contributed by atoms with E-state index in [1.165, 1.54) is 16.5 Å². The Hall–Kier alpha value is -1.83. The molecule has 0 spiro atoms. The van der Waals surface area contributed by atoms with Crippen LogP contribution in [0.1, 0.15) is 27.0 Å². The van der Waals surface area contributed by atoms with Crippen molar-refractivity contribution in [1.82, 2.24) is 0 Å². The lowest BCUT2D eigenvalue weighted by Crippen LogP contribution is -1.95. The summed E-state index contributed by atoms with van der Waals surface area (Å²) in [6, 6.07) is 8.26. The fraction of sp³-hybridized carbons (Fsp3) is 0.214. The van der Waals surface area contributed by atoms with Crippen molar-refractivity contribution in [2.24, 2.45) is 0 Å². The minimum Gasteiger partial charge on any atom is -0.457 e. The highest BCUT2D eigenvalue weighted by Gasteiger charge is 2.23. The Morgan fingerprint density at radius 2 is 2.00 bits per heavy atom. The van der Waals surface area contributed by atoms with Crippen molar-refractivity contribution in [3.05, 3.63) is 46.5 Å². The molecule has 0 aromatic heterocycles. The normalized spacial score (nSPS) is 14.0. The zero-order chi connectivity index (χ0) is 11.3. The summed E-state index contributed by atoms with van der Waals surface area (Å²) in [4.78, 5) is 11.5. The summed E-state index contributed by atoms with van der Waals surface area (Å²) < 4.78 is 5.07. The number of ether oxygens (including phenoxy) is 1. The highest BCUT2D eigenvalue weighted by Crippen LogP contribution is 2.30. The van der Waals surface area contributed by atoms with E-state index in [4.69, 9.17) is 4.74 Å². The van der Waals surface area contributed by atoms with Crippen LogP contribution in [0.4, 0.5) is 0 Å². The van der Waals surface area contributed by atoms with Gasteiger partial charge in [-0.3, -0.25) is 0 Å². The molecule has 0 saturated carbocycles. The predicted molar refractivity (Wildman–Crippen MR) is 62.5 cm³/mol. The molecule has 0 bridgehead atoms. The lowest BCUT2D eigenvalue weighted by atomic mass is 9.95. The van der Waals surface area contributed by atoms with Crippen LogP contribution in [0.5, 0.6) is 0 Å². The highest BCUT2D eigenvalue weighted by molar-refractivity contribution is 6.00. The van der Waals surface area contributed by atoms with Gasteiger partial charge in [0, 0.05) is 5.56 Å². The third kappa shape index (κ3) is 1.16. The van der Waals surface area contributed by atoms with E-state index in [0.717, 1.165) is 16.5 Å². The van der Waals surface area contributed by atoms with Crippen molar-refractivity contribution in [1.29, 1.82) is 0 Å². The Labute approximate surface area is 93.8 Å². The van der Waals surface area contributed by atoms with Crippen LogP contribution < -0.4 is 0 Å².